The molecule has 2 aromatic heterocycles. The number of hydrogen-bond acceptors (Lipinski definition) is 7. The van der Waals surface area contributed by atoms with Crippen LogP contribution in [0, 0.1) is 0 Å². The first-order chi connectivity index (χ1) is 16.4. The molecule has 178 valence electrons. The van der Waals surface area contributed by atoms with Gasteiger partial charge in [-0.05, 0) is 35.9 Å². The Labute approximate surface area is 206 Å². The second kappa shape index (κ2) is 12.8. The summed E-state index contributed by atoms with van der Waals surface area (Å²) >= 11 is 7.10. The van der Waals surface area contributed by atoms with E-state index in [9.17, 15) is 14.4 Å². The number of nitrogens with one attached hydrogen (secondary N) is 2. The van der Waals surface area contributed by atoms with Crippen LogP contribution in [0.4, 0.5) is 5.13 Å². The van der Waals surface area contributed by atoms with Crippen molar-refractivity contribution in [1.29, 1.82) is 0 Å². The number of ether oxygens (including phenoxy) is 1. The van der Waals surface area contributed by atoms with Crippen LogP contribution in [0.2, 0.25) is 5.02 Å². The first kappa shape index (κ1) is 25.3. The van der Waals surface area contributed by atoms with Gasteiger partial charge < -0.3 is 20.3 Å². The molecule has 0 spiro atoms. The maximum Gasteiger partial charge on any atom is 0.254 e. The predicted molar refractivity (Wildman–Crippen MR) is 130 cm³/mol. The van der Waals surface area contributed by atoms with E-state index in [1.807, 2.05) is 6.07 Å². The molecule has 0 radical (unpaired) electrons. The summed E-state index contributed by atoms with van der Waals surface area (Å²) in [5, 5.41) is 8.08. The fourth-order valence-corrected chi connectivity index (χ4v) is 3.79. The Bertz CT molecular complexity index is 1110. The number of benzene rings is 1. The van der Waals surface area contributed by atoms with Crippen LogP contribution in [0.1, 0.15) is 21.6 Å². The molecule has 34 heavy (non-hydrogen) atoms. The molecule has 0 unspecified atom stereocenters. The first-order valence-electron chi connectivity index (χ1n) is 10.4. The number of nitrogens with zero attached hydrogens (tertiary/aromatic N) is 3. The molecule has 0 atom stereocenters. The Balaban J connectivity index is 1.53. The molecule has 0 saturated carbocycles. The average Bonchev–Trinajstić information content (AvgIpc) is 3.27. The van der Waals surface area contributed by atoms with Crippen molar-refractivity contribution in [2.75, 3.05) is 32.1 Å². The van der Waals surface area contributed by atoms with Crippen molar-refractivity contribution in [2.24, 2.45) is 0 Å². The van der Waals surface area contributed by atoms with Gasteiger partial charge in [0.15, 0.2) is 5.13 Å². The predicted octanol–water partition coefficient (Wildman–Crippen LogP) is 2.78. The van der Waals surface area contributed by atoms with E-state index in [-0.39, 0.29) is 37.9 Å². The summed E-state index contributed by atoms with van der Waals surface area (Å²) < 4.78 is 5.07. The third-order valence-corrected chi connectivity index (χ3v) is 5.69. The van der Waals surface area contributed by atoms with Crippen LogP contribution in [0.15, 0.2) is 54.2 Å². The quantitative estimate of drug-likeness (QED) is 0.417. The standard InChI is InChI=1S/C23H24ClN5O4S/c1-33-10-9-29(22(32)17-4-6-18(24)7-5-17)14-21(31)28-23-27-19(15-34-23)11-20(30)26-13-16-3-2-8-25-12-16/h2-8,12,15H,9-11,13-14H2,1H3,(H,26,30)(H,27,28,31). The first-order valence-corrected chi connectivity index (χ1v) is 11.6. The Hall–Kier alpha value is -3.34. The molecule has 0 aliphatic heterocycles. The molecule has 0 aliphatic rings. The zero-order chi connectivity index (χ0) is 24.3. The average molecular weight is 502 g/mol. The van der Waals surface area contributed by atoms with Crippen LogP contribution in [-0.4, -0.2) is 59.4 Å². The van der Waals surface area contributed by atoms with Crippen LogP contribution in [0.3, 0.4) is 0 Å². The Morgan fingerprint density at radius 3 is 2.65 bits per heavy atom. The van der Waals surface area contributed by atoms with Gasteiger partial charge in [0.25, 0.3) is 5.91 Å². The van der Waals surface area contributed by atoms with E-state index < -0.39 is 5.91 Å². The number of amides is 3. The summed E-state index contributed by atoms with van der Waals surface area (Å²) in [4.78, 5) is 47.3. The molecule has 11 heteroatoms. The van der Waals surface area contributed by atoms with Crippen molar-refractivity contribution in [3.8, 4) is 0 Å². The van der Waals surface area contributed by atoms with Crippen molar-refractivity contribution in [3.05, 3.63) is 76.0 Å². The van der Waals surface area contributed by atoms with E-state index in [4.69, 9.17) is 16.3 Å². The van der Waals surface area contributed by atoms with Gasteiger partial charge in [0, 0.05) is 48.6 Å². The third-order valence-electron chi connectivity index (χ3n) is 4.63. The minimum atomic E-state index is -0.402. The molecular formula is C23H24ClN5O4S. The molecule has 0 bridgehead atoms. The number of pyridine rings is 1. The summed E-state index contributed by atoms with van der Waals surface area (Å²) in [6.07, 6.45) is 3.44. The van der Waals surface area contributed by atoms with Gasteiger partial charge in [-0.25, -0.2) is 4.98 Å². The summed E-state index contributed by atoms with van der Waals surface area (Å²) in [6.45, 7) is 0.721. The van der Waals surface area contributed by atoms with Crippen molar-refractivity contribution in [1.82, 2.24) is 20.2 Å². The number of thiazole rings is 1. The maximum atomic E-state index is 12.8. The van der Waals surface area contributed by atoms with Crippen molar-refractivity contribution < 1.29 is 19.1 Å². The largest absolute Gasteiger partial charge is 0.383 e. The minimum Gasteiger partial charge on any atom is -0.383 e. The molecule has 9 nitrogen and oxygen atoms in total. The second-order valence-electron chi connectivity index (χ2n) is 7.23. The molecule has 0 aliphatic carbocycles. The number of hydrogen-bond donors (Lipinski definition) is 2. The Kier molecular flexibility index (Phi) is 9.51. The lowest BCUT2D eigenvalue weighted by Crippen LogP contribution is -2.40. The van der Waals surface area contributed by atoms with Gasteiger partial charge in [-0.2, -0.15) is 0 Å². The number of aromatic nitrogens is 2. The SMILES string of the molecule is COCCN(CC(=O)Nc1nc(CC(=O)NCc2cccnc2)cs1)C(=O)c1ccc(Cl)cc1. The molecule has 0 fully saturated rings. The lowest BCUT2D eigenvalue weighted by molar-refractivity contribution is -0.120. The van der Waals surface area contributed by atoms with Crippen molar-refractivity contribution in [3.63, 3.8) is 0 Å². The molecule has 2 heterocycles. The minimum absolute atomic E-state index is 0.0850. The van der Waals surface area contributed by atoms with E-state index in [0.29, 0.717) is 28.0 Å². The van der Waals surface area contributed by atoms with E-state index in [1.165, 1.54) is 23.3 Å². The van der Waals surface area contributed by atoms with Crippen LogP contribution in [0.5, 0.6) is 0 Å². The monoisotopic (exact) mass is 501 g/mol. The van der Waals surface area contributed by atoms with Gasteiger partial charge in [0.05, 0.1) is 18.7 Å². The number of anilines is 1. The van der Waals surface area contributed by atoms with E-state index in [0.717, 1.165) is 5.56 Å². The van der Waals surface area contributed by atoms with Gasteiger partial charge in [-0.15, -0.1) is 11.3 Å². The number of rotatable bonds is 11. The van der Waals surface area contributed by atoms with Crippen molar-refractivity contribution >= 4 is 45.8 Å². The Morgan fingerprint density at radius 2 is 1.94 bits per heavy atom. The fourth-order valence-electron chi connectivity index (χ4n) is 2.94. The fraction of sp³-hybridized carbons (Fsp3) is 0.261. The van der Waals surface area contributed by atoms with Gasteiger partial charge in [-0.3, -0.25) is 19.4 Å². The van der Waals surface area contributed by atoms with E-state index in [1.54, 1.807) is 48.1 Å². The number of carbonyl (C=O) groups excluding carboxylic acids is 3. The lowest BCUT2D eigenvalue weighted by atomic mass is 10.2. The smallest absolute Gasteiger partial charge is 0.254 e. The molecule has 3 amide bonds. The van der Waals surface area contributed by atoms with Crippen LogP contribution in [-0.2, 0) is 27.3 Å². The Morgan fingerprint density at radius 1 is 1.15 bits per heavy atom. The summed E-state index contributed by atoms with van der Waals surface area (Å²) in [5.41, 5.74) is 1.85. The molecule has 0 saturated heterocycles. The maximum absolute atomic E-state index is 12.8. The summed E-state index contributed by atoms with van der Waals surface area (Å²) in [7, 11) is 1.52. The van der Waals surface area contributed by atoms with Gasteiger partial charge in [-0.1, -0.05) is 17.7 Å². The van der Waals surface area contributed by atoms with E-state index in [2.05, 4.69) is 20.6 Å². The second-order valence-corrected chi connectivity index (χ2v) is 8.53. The van der Waals surface area contributed by atoms with Crippen LogP contribution in [0.25, 0.3) is 0 Å². The highest BCUT2D eigenvalue weighted by Gasteiger charge is 2.19. The van der Waals surface area contributed by atoms with E-state index >= 15 is 0 Å². The summed E-state index contributed by atoms with van der Waals surface area (Å²) in [5.74, 6) is -0.902. The zero-order valence-electron chi connectivity index (χ0n) is 18.5. The lowest BCUT2D eigenvalue weighted by Gasteiger charge is -2.21. The van der Waals surface area contributed by atoms with Crippen LogP contribution >= 0.6 is 22.9 Å². The summed E-state index contributed by atoms with van der Waals surface area (Å²) in [6, 6.07) is 10.1. The molecular weight excluding hydrogens is 478 g/mol. The van der Waals surface area contributed by atoms with Gasteiger partial charge in [0.1, 0.15) is 6.54 Å². The molecule has 2 N–H and O–H groups in total. The normalized spacial score (nSPS) is 10.5. The van der Waals surface area contributed by atoms with Gasteiger partial charge >= 0.3 is 0 Å². The van der Waals surface area contributed by atoms with Crippen LogP contribution < -0.4 is 10.6 Å². The zero-order valence-corrected chi connectivity index (χ0v) is 20.1. The third kappa shape index (κ3) is 7.91. The van der Waals surface area contributed by atoms with Crippen molar-refractivity contribution in [2.45, 2.75) is 13.0 Å². The molecule has 3 rings (SSSR count). The number of methoxy groups -OCH3 is 1. The molecule has 3 aromatic rings. The topological polar surface area (TPSA) is 114 Å². The number of carbonyl (C=O) groups is 3. The molecule has 1 aromatic carbocycles. The van der Waals surface area contributed by atoms with Gasteiger partial charge in [0.2, 0.25) is 11.8 Å². The number of halogens is 1. The highest BCUT2D eigenvalue weighted by atomic mass is 35.5. The highest BCUT2D eigenvalue weighted by Crippen LogP contribution is 2.16. The highest BCUT2D eigenvalue weighted by molar-refractivity contribution is 7.13.